The predicted octanol–water partition coefficient (Wildman–Crippen LogP) is 2.89. The van der Waals surface area contributed by atoms with Gasteiger partial charge in [-0.15, -0.1) is 11.8 Å². The Bertz CT molecular complexity index is 1860. The van der Waals surface area contributed by atoms with Crippen LogP contribution in [0.15, 0.2) is 72.8 Å². The van der Waals surface area contributed by atoms with Crippen LogP contribution in [0, 0.1) is 0 Å². The maximum Gasteiger partial charge on any atom is 0.327 e. The van der Waals surface area contributed by atoms with Gasteiger partial charge in [0.15, 0.2) is 11.5 Å². The number of anilines is 1. The van der Waals surface area contributed by atoms with Crippen molar-refractivity contribution in [1.29, 1.82) is 0 Å². The van der Waals surface area contributed by atoms with Crippen molar-refractivity contribution < 1.29 is 48.1 Å². The van der Waals surface area contributed by atoms with E-state index in [2.05, 4.69) is 16.0 Å². The van der Waals surface area contributed by atoms with Crippen LogP contribution in [-0.2, 0) is 24.0 Å². The number of carbonyl (C=O) groups excluding carboxylic acids is 6. The number of carboxylic acids is 1. The molecule has 0 spiro atoms. The summed E-state index contributed by atoms with van der Waals surface area (Å²) in [6.07, 6.45) is 0. The molecule has 3 aromatic rings. The third kappa shape index (κ3) is 7.11. The molecule has 15 heteroatoms. The second-order valence-electron chi connectivity index (χ2n) is 11.7. The lowest BCUT2D eigenvalue weighted by Crippen LogP contribution is -2.71. The van der Waals surface area contributed by atoms with E-state index in [1.807, 2.05) is 0 Å². The standard InChI is InChI=1S/C34H32N4O10S/c1-17(39)47-23-16-10-14-21(26(23)48-18(2)40)29(42)35-22-15-9-8-13-20(22)28(41)36-24(19-11-6-5-7-12-19)30(43)37-25-31(44)38-27(33(45)46)34(3,4)49-32(25)38/h5-16,24-25,27,32H,1-4H3,(H,35,42)(H,36,41)(H,37,43)(H,45,46)/t24-,25-,27+,32?/m1/s1. The lowest BCUT2D eigenvalue weighted by molar-refractivity contribution is -0.161. The van der Waals surface area contributed by atoms with Gasteiger partial charge in [-0.05, 0) is 43.7 Å². The molecule has 2 fully saturated rings. The number of hydrogen-bond acceptors (Lipinski definition) is 10. The second-order valence-corrected chi connectivity index (χ2v) is 13.5. The minimum Gasteiger partial charge on any atom is -0.480 e. The van der Waals surface area contributed by atoms with E-state index in [0.29, 0.717) is 5.56 Å². The first-order chi connectivity index (χ1) is 23.2. The molecule has 4 amide bonds. The van der Waals surface area contributed by atoms with Crippen molar-refractivity contribution in [2.45, 2.75) is 55.9 Å². The summed E-state index contributed by atoms with van der Waals surface area (Å²) in [5.41, 5.74) is 0.244. The molecule has 4 N–H and O–H groups in total. The van der Waals surface area contributed by atoms with Crippen LogP contribution in [0.1, 0.15) is 60.0 Å². The van der Waals surface area contributed by atoms with Crippen LogP contribution in [-0.4, -0.2) is 73.7 Å². The molecule has 3 aromatic carbocycles. The number of thioether (sulfide) groups is 1. The van der Waals surface area contributed by atoms with E-state index in [-0.39, 0.29) is 28.3 Å². The molecule has 0 aromatic heterocycles. The van der Waals surface area contributed by atoms with E-state index in [1.54, 1.807) is 56.3 Å². The molecule has 0 bridgehead atoms. The molecule has 2 saturated heterocycles. The molecule has 2 aliphatic rings. The molecule has 254 valence electrons. The topological polar surface area (TPSA) is 198 Å². The highest BCUT2D eigenvalue weighted by atomic mass is 32.2. The van der Waals surface area contributed by atoms with Crippen molar-refractivity contribution >= 4 is 59.0 Å². The fraction of sp³-hybridized carbons (Fsp3) is 0.265. The molecule has 4 atom stereocenters. The molecule has 5 rings (SSSR count). The van der Waals surface area contributed by atoms with E-state index >= 15 is 0 Å². The Hall–Kier alpha value is -5.70. The van der Waals surface area contributed by atoms with Gasteiger partial charge in [0.05, 0.1) is 16.8 Å². The fourth-order valence-corrected chi connectivity index (χ4v) is 7.32. The molecular formula is C34H32N4O10S. The van der Waals surface area contributed by atoms with Crippen LogP contribution < -0.4 is 25.4 Å². The van der Waals surface area contributed by atoms with E-state index in [0.717, 1.165) is 13.8 Å². The van der Waals surface area contributed by atoms with Crippen molar-refractivity contribution in [3.63, 3.8) is 0 Å². The number of rotatable bonds is 10. The summed E-state index contributed by atoms with van der Waals surface area (Å²) < 4.78 is 9.50. The maximum atomic E-state index is 13.8. The van der Waals surface area contributed by atoms with Crippen LogP contribution in [0.4, 0.5) is 5.69 Å². The summed E-state index contributed by atoms with van der Waals surface area (Å²) in [7, 11) is 0. The van der Waals surface area contributed by atoms with E-state index in [4.69, 9.17) is 9.47 Å². The number of nitrogens with zero attached hydrogens (tertiary/aromatic N) is 1. The van der Waals surface area contributed by atoms with E-state index < -0.39 is 69.8 Å². The molecular weight excluding hydrogens is 656 g/mol. The van der Waals surface area contributed by atoms with Crippen molar-refractivity contribution in [1.82, 2.24) is 15.5 Å². The number of esters is 2. The van der Waals surface area contributed by atoms with Crippen molar-refractivity contribution in [3.05, 3.63) is 89.5 Å². The number of fused-ring (bicyclic) bond motifs is 1. The van der Waals surface area contributed by atoms with Crippen molar-refractivity contribution in [2.75, 3.05) is 5.32 Å². The van der Waals surface area contributed by atoms with Crippen LogP contribution in [0.5, 0.6) is 11.5 Å². The minimum atomic E-state index is -1.29. The summed E-state index contributed by atoms with van der Waals surface area (Å²) in [5.74, 6) is -5.88. The molecule has 2 heterocycles. The number of aliphatic carboxylic acids is 1. The number of para-hydroxylation sites is 2. The number of benzene rings is 3. The molecule has 1 unspecified atom stereocenters. The molecule has 0 radical (unpaired) electrons. The summed E-state index contributed by atoms with van der Waals surface area (Å²) in [6.45, 7) is 5.70. The van der Waals surface area contributed by atoms with Gasteiger partial charge in [-0.25, -0.2) is 4.79 Å². The van der Waals surface area contributed by atoms with Gasteiger partial charge in [-0.3, -0.25) is 28.8 Å². The molecule has 0 saturated carbocycles. The Balaban J connectivity index is 1.38. The lowest BCUT2D eigenvalue weighted by atomic mass is 9.95. The normalized spacial score (nSPS) is 19.4. The van der Waals surface area contributed by atoms with Gasteiger partial charge in [0.1, 0.15) is 23.5 Å². The third-order valence-electron chi connectivity index (χ3n) is 7.79. The summed E-state index contributed by atoms with van der Waals surface area (Å²) >= 11 is 1.27. The quantitative estimate of drug-likeness (QED) is 0.139. The summed E-state index contributed by atoms with van der Waals surface area (Å²) in [4.78, 5) is 90.6. The number of amides is 4. The lowest BCUT2D eigenvalue weighted by Gasteiger charge is -2.44. The van der Waals surface area contributed by atoms with Crippen molar-refractivity contribution in [2.24, 2.45) is 0 Å². The fourth-order valence-electron chi connectivity index (χ4n) is 5.70. The maximum absolute atomic E-state index is 13.8. The third-order valence-corrected chi connectivity index (χ3v) is 9.36. The summed E-state index contributed by atoms with van der Waals surface area (Å²) in [5, 5.41) is 17.1. The largest absolute Gasteiger partial charge is 0.480 e. The molecule has 0 aliphatic carbocycles. The summed E-state index contributed by atoms with van der Waals surface area (Å²) in [6, 6.07) is 15.0. The Kier molecular flexibility index (Phi) is 9.75. The predicted molar refractivity (Wildman–Crippen MR) is 176 cm³/mol. The van der Waals surface area contributed by atoms with Gasteiger partial charge in [-0.2, -0.15) is 0 Å². The molecule has 14 nitrogen and oxygen atoms in total. The number of ether oxygens (including phenoxy) is 2. The zero-order valence-electron chi connectivity index (χ0n) is 26.7. The number of β-lactam (4-membered cyclic amide) rings is 1. The van der Waals surface area contributed by atoms with Gasteiger partial charge in [0, 0.05) is 18.6 Å². The van der Waals surface area contributed by atoms with Gasteiger partial charge in [-0.1, -0.05) is 48.5 Å². The second kappa shape index (κ2) is 13.8. The average Bonchev–Trinajstić information content (AvgIpc) is 3.30. The first-order valence-corrected chi connectivity index (χ1v) is 15.9. The minimum absolute atomic E-state index is 0.0296. The number of carbonyl (C=O) groups is 7. The first-order valence-electron chi connectivity index (χ1n) is 15.0. The highest BCUT2D eigenvalue weighted by Crippen LogP contribution is 2.50. The van der Waals surface area contributed by atoms with Crippen LogP contribution in [0.3, 0.4) is 0 Å². The molecule has 2 aliphatic heterocycles. The Morgan fingerprint density at radius 2 is 1.47 bits per heavy atom. The smallest absolute Gasteiger partial charge is 0.327 e. The van der Waals surface area contributed by atoms with Gasteiger partial charge < -0.3 is 35.4 Å². The van der Waals surface area contributed by atoms with Crippen LogP contribution in [0.25, 0.3) is 0 Å². The Labute approximate surface area is 284 Å². The van der Waals surface area contributed by atoms with Gasteiger partial charge >= 0.3 is 17.9 Å². The first kappa shape index (κ1) is 34.6. The van der Waals surface area contributed by atoms with Gasteiger partial charge in [0.2, 0.25) is 11.8 Å². The Morgan fingerprint density at radius 3 is 2.12 bits per heavy atom. The van der Waals surface area contributed by atoms with E-state index in [1.165, 1.54) is 47.0 Å². The zero-order valence-corrected chi connectivity index (χ0v) is 27.5. The van der Waals surface area contributed by atoms with Gasteiger partial charge in [0.25, 0.3) is 11.8 Å². The zero-order chi connectivity index (χ0) is 35.6. The van der Waals surface area contributed by atoms with E-state index in [9.17, 15) is 38.7 Å². The highest BCUT2D eigenvalue weighted by molar-refractivity contribution is 8.01. The highest BCUT2D eigenvalue weighted by Gasteiger charge is 2.64. The average molecular weight is 689 g/mol. The number of carboxylic acid groups (broad SMARTS) is 1. The number of hydrogen-bond donors (Lipinski definition) is 4. The molecule has 49 heavy (non-hydrogen) atoms. The van der Waals surface area contributed by atoms with Crippen LogP contribution >= 0.6 is 11.8 Å². The number of nitrogens with one attached hydrogen (secondary N) is 3. The Morgan fingerprint density at radius 1 is 0.837 bits per heavy atom. The SMILES string of the molecule is CC(=O)Oc1cccc(C(=O)Nc2ccccc2C(=O)N[C@@H](C(=O)N[C@@H]2C(=O)N3C2SC(C)(C)[C@@H]3C(=O)O)c2ccccc2)c1OC(C)=O. The monoisotopic (exact) mass is 688 g/mol. The van der Waals surface area contributed by atoms with Crippen molar-refractivity contribution in [3.8, 4) is 11.5 Å². The van der Waals surface area contributed by atoms with Crippen LogP contribution in [0.2, 0.25) is 0 Å².